The number of hydrogen-bond donors (Lipinski definition) is 1. The summed E-state index contributed by atoms with van der Waals surface area (Å²) in [5, 5.41) is 1.70. The molecule has 2 unspecified atom stereocenters. The van der Waals surface area contributed by atoms with Crippen molar-refractivity contribution in [1.82, 2.24) is 5.32 Å². The molecule has 0 fully saturated rings. The van der Waals surface area contributed by atoms with E-state index in [0.717, 1.165) is 0 Å². The van der Waals surface area contributed by atoms with Crippen LogP contribution in [0.25, 0.3) is 0 Å². The summed E-state index contributed by atoms with van der Waals surface area (Å²) >= 11 is -2.40. The third-order valence-electron chi connectivity index (χ3n) is 1.89. The van der Waals surface area contributed by atoms with Gasteiger partial charge in [-0.1, -0.05) is 11.1 Å². The van der Waals surface area contributed by atoms with Crippen LogP contribution in [0.3, 0.4) is 0 Å². The Hall–Kier alpha value is -0.830. The van der Waals surface area contributed by atoms with Gasteiger partial charge >= 0.3 is 12.3 Å². The molecule has 0 aromatic rings. The molecule has 19 heavy (non-hydrogen) atoms. The lowest BCUT2D eigenvalue weighted by Gasteiger charge is -2.25. The molecule has 0 rings (SSSR count). The molecule has 0 aliphatic carbocycles. The van der Waals surface area contributed by atoms with Crippen LogP contribution < -0.4 is 5.32 Å². The Bertz CT molecular complexity index is 328. The van der Waals surface area contributed by atoms with Gasteiger partial charge in [0, 0.05) is 5.75 Å². The number of carbonyl (C=O) groups is 1. The lowest BCUT2D eigenvalue weighted by Crippen LogP contribution is -2.47. The van der Waals surface area contributed by atoms with Gasteiger partial charge in [0.1, 0.15) is 11.6 Å². The Morgan fingerprint density at radius 3 is 2.26 bits per heavy atom. The smallest absolute Gasteiger partial charge is 0.408 e. The van der Waals surface area contributed by atoms with E-state index in [9.17, 15) is 26.7 Å². The number of amides is 1. The Balaban J connectivity index is 4.44. The normalized spacial score (nSPS) is 15.7. The number of alkyl carbamates (subject to hydrolysis) is 1. The molecule has 114 valence electrons. The van der Waals surface area contributed by atoms with Gasteiger partial charge in [-0.2, -0.15) is 13.2 Å². The number of alkyl halides is 3. The van der Waals surface area contributed by atoms with Crippen LogP contribution in [-0.4, -0.2) is 38.4 Å². The van der Waals surface area contributed by atoms with Crippen LogP contribution in [0.5, 0.6) is 0 Å². The summed E-state index contributed by atoms with van der Waals surface area (Å²) in [6.07, 6.45) is -6.55. The summed E-state index contributed by atoms with van der Waals surface area (Å²) in [4.78, 5) is 11.3. The average molecular weight is 304 g/mol. The first-order valence-corrected chi connectivity index (χ1v) is 6.78. The fourth-order valence-electron chi connectivity index (χ4n) is 1.17. The highest BCUT2D eigenvalue weighted by molar-refractivity contribution is 7.79. The SMILES string of the molecule is CC(C)(C)OC(=O)NC(CCCS(=O)[O-])C(F)(F)F. The molecular formula is C10H17F3NO4S-. The van der Waals surface area contributed by atoms with Gasteiger partial charge < -0.3 is 14.6 Å². The van der Waals surface area contributed by atoms with Crippen molar-refractivity contribution in [2.45, 2.75) is 51.4 Å². The average Bonchev–Trinajstić information content (AvgIpc) is 2.10. The molecule has 0 spiro atoms. The van der Waals surface area contributed by atoms with Crippen molar-refractivity contribution in [2.24, 2.45) is 0 Å². The van der Waals surface area contributed by atoms with E-state index in [-0.39, 0.29) is 12.2 Å². The van der Waals surface area contributed by atoms with Crippen molar-refractivity contribution in [3.8, 4) is 0 Å². The second-order valence-electron chi connectivity index (χ2n) is 4.89. The predicted octanol–water partition coefficient (Wildman–Crippen LogP) is 2.10. The maximum Gasteiger partial charge on any atom is 0.408 e. The molecule has 1 N–H and O–H groups in total. The van der Waals surface area contributed by atoms with Crippen molar-refractivity contribution in [3.63, 3.8) is 0 Å². The quantitative estimate of drug-likeness (QED) is 0.789. The highest BCUT2D eigenvalue weighted by Gasteiger charge is 2.40. The second-order valence-corrected chi connectivity index (χ2v) is 5.91. The third kappa shape index (κ3) is 9.71. The van der Waals surface area contributed by atoms with E-state index in [1.54, 1.807) is 5.32 Å². The maximum atomic E-state index is 12.6. The molecule has 0 heterocycles. The zero-order valence-corrected chi connectivity index (χ0v) is 11.7. The molecule has 0 saturated carbocycles. The first-order chi connectivity index (χ1) is 8.42. The molecule has 0 saturated heterocycles. The molecular weight excluding hydrogens is 287 g/mol. The molecule has 0 bridgehead atoms. The highest BCUT2D eigenvalue weighted by Crippen LogP contribution is 2.24. The zero-order chi connectivity index (χ0) is 15.3. The van der Waals surface area contributed by atoms with Crippen molar-refractivity contribution >= 4 is 17.2 Å². The van der Waals surface area contributed by atoms with E-state index in [0.29, 0.717) is 0 Å². The van der Waals surface area contributed by atoms with Gasteiger partial charge in [0.05, 0.1) is 0 Å². The molecule has 5 nitrogen and oxygen atoms in total. The maximum absolute atomic E-state index is 12.6. The monoisotopic (exact) mass is 304 g/mol. The molecule has 0 radical (unpaired) electrons. The lowest BCUT2D eigenvalue weighted by molar-refractivity contribution is -0.156. The standard InChI is InChI=1S/C10H18F3NO4S/c1-9(2,3)18-8(15)14-7(10(11,12)13)5-4-6-19(16)17/h7H,4-6H2,1-3H3,(H,14,15)(H,16,17)/p-1. The number of carbonyl (C=O) groups excluding carboxylic acids is 1. The fraction of sp³-hybridized carbons (Fsp3) is 0.900. The van der Waals surface area contributed by atoms with E-state index in [1.807, 2.05) is 0 Å². The van der Waals surface area contributed by atoms with E-state index in [2.05, 4.69) is 0 Å². The van der Waals surface area contributed by atoms with Gasteiger partial charge in [0.15, 0.2) is 0 Å². The molecule has 0 aromatic carbocycles. The molecule has 2 atom stereocenters. The predicted molar refractivity (Wildman–Crippen MR) is 62.2 cm³/mol. The molecule has 0 aromatic heterocycles. The summed E-state index contributed by atoms with van der Waals surface area (Å²) < 4.78 is 63.1. The Morgan fingerprint density at radius 2 is 1.89 bits per heavy atom. The van der Waals surface area contributed by atoms with Crippen molar-refractivity contribution < 1.29 is 31.5 Å². The van der Waals surface area contributed by atoms with Crippen LogP contribution >= 0.6 is 0 Å². The van der Waals surface area contributed by atoms with Crippen LogP contribution in [0.4, 0.5) is 18.0 Å². The number of hydrogen-bond acceptors (Lipinski definition) is 4. The van der Waals surface area contributed by atoms with E-state index < -0.39 is 41.4 Å². The van der Waals surface area contributed by atoms with Crippen LogP contribution in [0.2, 0.25) is 0 Å². The first-order valence-electron chi connectivity index (χ1n) is 5.54. The minimum Gasteiger partial charge on any atom is -0.772 e. The van der Waals surface area contributed by atoms with Gasteiger partial charge in [-0.25, -0.2) is 4.79 Å². The van der Waals surface area contributed by atoms with Gasteiger partial charge in [0.2, 0.25) is 0 Å². The number of rotatable bonds is 5. The van der Waals surface area contributed by atoms with Gasteiger partial charge in [0.25, 0.3) is 0 Å². The minimum absolute atomic E-state index is 0.198. The van der Waals surface area contributed by atoms with Gasteiger partial charge in [-0.15, -0.1) is 0 Å². The van der Waals surface area contributed by atoms with Crippen LogP contribution in [-0.2, 0) is 15.8 Å². The van der Waals surface area contributed by atoms with Crippen LogP contribution in [0, 0.1) is 0 Å². The molecule has 0 aliphatic heterocycles. The van der Waals surface area contributed by atoms with E-state index in [4.69, 9.17) is 4.74 Å². The second kappa shape index (κ2) is 7.09. The summed E-state index contributed by atoms with van der Waals surface area (Å²) in [6.45, 7) is 4.57. The lowest BCUT2D eigenvalue weighted by atomic mass is 10.1. The van der Waals surface area contributed by atoms with Crippen LogP contribution in [0.1, 0.15) is 33.6 Å². The van der Waals surface area contributed by atoms with Crippen LogP contribution in [0.15, 0.2) is 0 Å². The fourth-order valence-corrected chi connectivity index (χ4v) is 1.58. The number of halogens is 3. The molecule has 9 heteroatoms. The summed E-state index contributed by atoms with van der Waals surface area (Å²) in [5.74, 6) is -0.386. The van der Waals surface area contributed by atoms with Crippen molar-refractivity contribution in [2.75, 3.05) is 5.75 Å². The number of ether oxygens (including phenoxy) is 1. The number of nitrogens with one attached hydrogen (secondary N) is 1. The Morgan fingerprint density at radius 1 is 1.37 bits per heavy atom. The van der Waals surface area contributed by atoms with Crippen molar-refractivity contribution in [3.05, 3.63) is 0 Å². The van der Waals surface area contributed by atoms with Crippen molar-refractivity contribution in [1.29, 1.82) is 0 Å². The largest absolute Gasteiger partial charge is 0.772 e. The summed E-state index contributed by atoms with van der Waals surface area (Å²) in [7, 11) is 0. The Kier molecular flexibility index (Phi) is 6.78. The summed E-state index contributed by atoms with van der Waals surface area (Å²) in [6, 6.07) is -2.12. The highest BCUT2D eigenvalue weighted by atomic mass is 32.2. The third-order valence-corrected chi connectivity index (χ3v) is 2.51. The van der Waals surface area contributed by atoms with Gasteiger partial charge in [-0.05, 0) is 33.6 Å². The van der Waals surface area contributed by atoms with E-state index >= 15 is 0 Å². The summed E-state index contributed by atoms with van der Waals surface area (Å²) in [5.41, 5.74) is -0.906. The Labute approximate surface area is 112 Å². The minimum atomic E-state index is -4.65. The zero-order valence-electron chi connectivity index (χ0n) is 10.9. The van der Waals surface area contributed by atoms with E-state index in [1.165, 1.54) is 20.8 Å². The van der Waals surface area contributed by atoms with Gasteiger partial charge in [-0.3, -0.25) is 4.21 Å². The first kappa shape index (κ1) is 18.2. The molecule has 1 amide bonds. The topological polar surface area (TPSA) is 78.5 Å². The molecule has 0 aliphatic rings.